The van der Waals surface area contributed by atoms with Crippen LogP contribution in [-0.4, -0.2) is 175 Å². The van der Waals surface area contributed by atoms with Crippen LogP contribution in [0.2, 0.25) is 0 Å². The second-order valence-electron chi connectivity index (χ2n) is 35.3. The largest absolute Gasteiger partial charge is 0.487 e. The molecule has 38 heteroatoms. The van der Waals surface area contributed by atoms with Gasteiger partial charge in [-0.25, -0.2) is 44.2 Å². The van der Waals surface area contributed by atoms with Gasteiger partial charge in [0.05, 0.1) is 33.7 Å². The first-order valence-corrected chi connectivity index (χ1v) is 46.9. The number of ether oxygens (including phenoxy) is 3. The highest BCUT2D eigenvalue weighted by molar-refractivity contribution is 7.90. The van der Waals surface area contributed by atoms with Crippen LogP contribution < -0.4 is 87.3 Å². The normalized spacial score (nSPS) is 15.4. The van der Waals surface area contributed by atoms with Gasteiger partial charge in [-0.05, 0) is 222 Å². The van der Waals surface area contributed by atoms with Crippen LogP contribution in [0.15, 0.2) is 106 Å². The van der Waals surface area contributed by atoms with Crippen molar-refractivity contribution in [3.8, 4) is 17.2 Å². The molecule has 128 heavy (non-hydrogen) atoms. The monoisotopic (exact) mass is 1830 g/mol. The zero-order valence-corrected chi connectivity index (χ0v) is 78.2. The third kappa shape index (κ3) is 23.7. The van der Waals surface area contributed by atoms with E-state index in [4.69, 9.17) is 36.2 Å². The fourth-order valence-electron chi connectivity index (χ4n) is 16.5. The topological polar surface area (TPSA) is 541 Å². The molecule has 0 radical (unpaired) electrons. The number of nitrogens with one attached hydrogen (secondary N) is 16. The summed E-state index contributed by atoms with van der Waals surface area (Å²) in [5, 5.41) is 63.0. The summed E-state index contributed by atoms with van der Waals surface area (Å²) in [5.74, 6) is -9.04. The zero-order chi connectivity index (χ0) is 94.8. The number of benzene rings is 6. The van der Waals surface area contributed by atoms with Crippen molar-refractivity contribution >= 4 is 95.3 Å². The maximum atomic E-state index is 15.1. The van der Waals surface area contributed by atoms with Crippen LogP contribution in [0.4, 0.5) is 0 Å². The maximum Gasteiger partial charge on any atom is 0.326 e. The lowest BCUT2D eigenvalue weighted by molar-refractivity contribution is -0.144. The molecular weight excluding hydrogens is 1700 g/mol. The second kappa shape index (κ2) is 40.6. The number of rotatable bonds is 38. The molecule has 0 aliphatic carbocycles. The Kier molecular flexibility index (Phi) is 31.7. The van der Waals surface area contributed by atoms with E-state index in [1.807, 2.05) is 77.9 Å². The zero-order valence-electron chi connectivity index (χ0n) is 75.8. The first-order valence-electron chi connectivity index (χ1n) is 42.5. The Hall–Kier alpha value is -11.9. The number of hydrogen-bond donors (Lipinski definition) is 18. The van der Waals surface area contributed by atoms with Crippen LogP contribution in [0.1, 0.15) is 191 Å². The molecule has 9 rings (SSSR count). The molecule has 3 aliphatic rings. The van der Waals surface area contributed by atoms with Crippen molar-refractivity contribution in [1.29, 1.82) is 16.2 Å². The van der Waals surface area contributed by atoms with E-state index in [9.17, 15) is 59.1 Å². The SMILES string of the molecule is Cc1c(C)c(S(=O)(=O)NC(=N)NCCC[C@H](NC(=O)CNC(=O)[C@@H](N)CCCNC(=N)NS(=O)(=O)c2c(C)c(C)c3c(c2C)CC(C)(C)O3)C(=O)N[C@@H](CCCNC(=N)NS(=O)(=O)c2c(C)c(C)c3c(c2C)CC(C)(C)O3)C(=O)N[C@H](C(=O)N[C@@H](C)C(=O)N[C@@H](CC(=O)NC(c2ccccc2)(c2ccccc2)c2ccccc2)C(=O)O)C(C)C)c(C)c2c1OC(C)(C)C2. The van der Waals surface area contributed by atoms with Crippen LogP contribution in [-0.2, 0) is 93.2 Å². The van der Waals surface area contributed by atoms with Gasteiger partial charge in [0.1, 0.15) is 69.8 Å². The Morgan fingerprint density at radius 1 is 0.422 bits per heavy atom. The van der Waals surface area contributed by atoms with Gasteiger partial charge in [-0.15, -0.1) is 0 Å². The van der Waals surface area contributed by atoms with E-state index in [1.54, 1.807) is 131 Å². The summed E-state index contributed by atoms with van der Waals surface area (Å²) in [7, 11) is -13.1. The number of carboxylic acid groups (broad SMARTS) is 1. The summed E-state index contributed by atoms with van der Waals surface area (Å²) in [6.07, 6.45) is -0.254. The molecule has 3 aliphatic heterocycles. The fraction of sp³-hybridized carbons (Fsp3) is 0.478. The van der Waals surface area contributed by atoms with E-state index in [0.717, 1.165) is 5.56 Å². The Balaban J connectivity index is 0.910. The van der Waals surface area contributed by atoms with Crippen molar-refractivity contribution in [2.24, 2.45) is 11.7 Å². The summed E-state index contributed by atoms with van der Waals surface area (Å²) in [5.41, 5.74) is 11.8. The Bertz CT molecular complexity index is 5560. The number of sulfonamides is 3. The highest BCUT2D eigenvalue weighted by atomic mass is 32.2. The molecule has 0 fully saturated rings. The van der Waals surface area contributed by atoms with Gasteiger partial charge in [0, 0.05) is 55.6 Å². The van der Waals surface area contributed by atoms with Gasteiger partial charge in [-0.2, -0.15) is 0 Å². The number of guanidine groups is 3. The first-order chi connectivity index (χ1) is 59.7. The van der Waals surface area contributed by atoms with Crippen molar-refractivity contribution in [2.45, 2.75) is 262 Å². The molecule has 0 spiro atoms. The molecule has 19 N–H and O–H groups in total. The van der Waals surface area contributed by atoms with Gasteiger partial charge in [-0.3, -0.25) is 49.8 Å². The number of fused-ring (bicyclic) bond motifs is 3. The molecule has 0 unspecified atom stereocenters. The van der Waals surface area contributed by atoms with Crippen LogP contribution >= 0.6 is 0 Å². The van der Waals surface area contributed by atoms with Crippen LogP contribution in [0.5, 0.6) is 17.2 Å². The second-order valence-corrected chi connectivity index (χ2v) is 40.1. The number of hydrogen-bond acceptors (Lipinski definition) is 21. The Labute approximate surface area is 749 Å². The van der Waals surface area contributed by atoms with Gasteiger partial charge in [0.25, 0.3) is 30.1 Å². The van der Waals surface area contributed by atoms with Crippen LogP contribution in [0.3, 0.4) is 0 Å². The molecule has 0 saturated carbocycles. The molecule has 0 saturated heterocycles. The fourth-order valence-corrected chi connectivity index (χ4v) is 21.1. The van der Waals surface area contributed by atoms with Crippen molar-refractivity contribution in [3.63, 3.8) is 0 Å². The van der Waals surface area contributed by atoms with Gasteiger partial charge in [-0.1, -0.05) is 105 Å². The minimum Gasteiger partial charge on any atom is -0.487 e. The molecule has 7 amide bonds. The van der Waals surface area contributed by atoms with Gasteiger partial charge >= 0.3 is 5.97 Å². The van der Waals surface area contributed by atoms with Crippen molar-refractivity contribution in [3.05, 3.63) is 174 Å². The predicted molar refractivity (Wildman–Crippen MR) is 484 cm³/mol. The molecule has 3 heterocycles. The van der Waals surface area contributed by atoms with E-state index < -0.39 is 173 Å². The minimum absolute atomic E-state index is 0.0234. The number of aliphatic carboxylic acids is 1. The average Bonchev–Trinajstić information content (AvgIpc) is 1.55. The lowest BCUT2D eigenvalue weighted by Gasteiger charge is -2.37. The number of carbonyl (C=O) groups excluding carboxylic acids is 7. The summed E-state index contributed by atoms with van der Waals surface area (Å²) >= 11 is 0. The van der Waals surface area contributed by atoms with Gasteiger partial charge < -0.3 is 78.2 Å². The summed E-state index contributed by atoms with van der Waals surface area (Å²) in [6, 6.07) is 17.6. The lowest BCUT2D eigenvalue weighted by Crippen LogP contribution is -2.60. The van der Waals surface area contributed by atoms with Crippen LogP contribution in [0.25, 0.3) is 0 Å². The molecule has 35 nitrogen and oxygen atoms in total. The highest BCUT2D eigenvalue weighted by Crippen LogP contribution is 2.47. The standard InChI is InChI=1S/C90H123N17O18S3/c1-48(2)71(82(114)99-58(12)78(110)102-68(83(115)116)43-69(108)104-90(59-31-22-19-23-32-59,60-33-24-20-25-34-60)61-35-26-21-27-36-61)103-81(113)67(39-30-42-97-86(94)107-128(121,122)77-54(8)51(5)74-64(57(77)11)46-89(17,18)125-74)101-80(112)66(38-29-41-96-85(93)106-127(119,120)76-53(7)50(4)73-63(56(76)10)45-88(15,16)124-73)100-70(109)47-98-79(111)65(91)37-28-40-95-84(92)105-126(117,118)75-52(6)49(3)72-62(55(75)9)44-87(13,14)123-72/h19-27,31-36,48,58,65-68,71H,28-30,37-47,91H2,1-18H3,(H,98,111)(H,99,114)(H,100,109)(H,101,112)(H,102,110)(H,103,113)(H,104,108)(H,115,116)(H3,92,95,105)(H3,93,96,106)(H3,94,97,107)/t58-,65-,66-,67-,68-,71-/m0/s1. The van der Waals surface area contributed by atoms with E-state index in [1.165, 1.54) is 6.92 Å². The summed E-state index contributed by atoms with van der Waals surface area (Å²) in [4.78, 5) is 114. The molecule has 6 aromatic carbocycles. The Morgan fingerprint density at radius 2 is 0.758 bits per heavy atom. The van der Waals surface area contributed by atoms with Gasteiger partial charge in [0.2, 0.25) is 59.2 Å². The highest BCUT2D eigenvalue weighted by Gasteiger charge is 2.44. The van der Waals surface area contributed by atoms with Crippen LogP contribution in [0, 0.1) is 84.5 Å². The molecule has 6 atom stereocenters. The number of carboxylic acids is 1. The molecular formula is C90H123N17O18S3. The molecule has 694 valence electrons. The minimum atomic E-state index is -4.44. The average molecular weight is 1830 g/mol. The summed E-state index contributed by atoms with van der Waals surface area (Å²) in [6.45, 7) is 29.7. The number of amides is 7. The van der Waals surface area contributed by atoms with Gasteiger partial charge in [0.15, 0.2) is 0 Å². The van der Waals surface area contributed by atoms with E-state index in [-0.39, 0.29) is 72.8 Å². The van der Waals surface area contributed by atoms with Crippen molar-refractivity contribution in [1.82, 2.24) is 67.3 Å². The lowest BCUT2D eigenvalue weighted by atomic mass is 9.77. The number of carbonyl (C=O) groups is 8. The van der Waals surface area contributed by atoms with E-state index in [0.29, 0.717) is 114 Å². The molecule has 0 bridgehead atoms. The van der Waals surface area contributed by atoms with E-state index in [2.05, 4.69) is 67.3 Å². The Morgan fingerprint density at radius 3 is 1.11 bits per heavy atom. The first kappa shape index (κ1) is 99.9. The summed E-state index contributed by atoms with van der Waals surface area (Å²) < 4.78 is 110. The number of nitrogens with two attached hydrogens (primary N) is 1. The third-order valence-corrected chi connectivity index (χ3v) is 28.2. The predicted octanol–water partition coefficient (Wildman–Crippen LogP) is 5.88. The van der Waals surface area contributed by atoms with Crippen molar-refractivity contribution < 1.29 is 82.9 Å². The third-order valence-electron chi connectivity index (χ3n) is 23.3. The molecule has 0 aromatic heterocycles. The maximum absolute atomic E-state index is 15.1. The van der Waals surface area contributed by atoms with Crippen molar-refractivity contribution in [2.75, 3.05) is 26.2 Å². The smallest absolute Gasteiger partial charge is 0.326 e. The molecule has 6 aromatic rings. The quantitative estimate of drug-likeness (QED) is 0.00931. The van der Waals surface area contributed by atoms with E-state index >= 15 is 9.59 Å².